The summed E-state index contributed by atoms with van der Waals surface area (Å²) in [5, 5.41) is 2.69. The molecule has 2 aromatic carbocycles. The highest BCUT2D eigenvalue weighted by atomic mass is 32.2. The Hall–Kier alpha value is -2.71. The van der Waals surface area contributed by atoms with Crippen LogP contribution in [0.5, 0.6) is 0 Å². The van der Waals surface area contributed by atoms with Crippen LogP contribution in [0.15, 0.2) is 48.5 Å². The van der Waals surface area contributed by atoms with Gasteiger partial charge < -0.3 is 10.1 Å². The summed E-state index contributed by atoms with van der Waals surface area (Å²) in [6.07, 6.45) is 0.200. The third-order valence-corrected chi connectivity index (χ3v) is 6.12. The summed E-state index contributed by atoms with van der Waals surface area (Å²) in [6, 6.07) is 13.6. The maximum absolute atomic E-state index is 12.8. The van der Waals surface area contributed by atoms with Gasteiger partial charge in [-0.3, -0.25) is 9.59 Å². The number of aryl methyl sites for hydroxylation is 1. The highest BCUT2D eigenvalue weighted by Gasteiger charge is 2.38. The number of carbonyl (C=O) groups is 2. The molecular weight excluding hydrogens is 392 g/mol. The van der Waals surface area contributed by atoms with Crippen LogP contribution in [0.1, 0.15) is 23.6 Å². The number of anilines is 1. The maximum Gasteiger partial charge on any atom is 0.325 e. The molecule has 29 heavy (non-hydrogen) atoms. The molecule has 0 bridgehead atoms. The second-order valence-electron chi connectivity index (χ2n) is 7.23. The van der Waals surface area contributed by atoms with E-state index < -0.39 is 34.0 Å². The van der Waals surface area contributed by atoms with Crippen LogP contribution in [0, 0.1) is 6.92 Å². The molecule has 1 N–H and O–H groups in total. The van der Waals surface area contributed by atoms with Crippen molar-refractivity contribution >= 4 is 27.6 Å². The second-order valence-corrected chi connectivity index (χ2v) is 9.17. The molecule has 8 heteroatoms. The van der Waals surface area contributed by atoms with E-state index in [0.29, 0.717) is 5.69 Å². The zero-order valence-corrected chi connectivity index (χ0v) is 17.4. The van der Waals surface area contributed by atoms with Crippen molar-refractivity contribution in [3.63, 3.8) is 0 Å². The van der Waals surface area contributed by atoms with Crippen molar-refractivity contribution in [3.8, 4) is 0 Å². The molecule has 0 spiro atoms. The van der Waals surface area contributed by atoms with E-state index in [0.717, 1.165) is 27.3 Å². The predicted molar refractivity (Wildman–Crippen MR) is 110 cm³/mol. The van der Waals surface area contributed by atoms with Gasteiger partial charge in [-0.2, -0.15) is 4.31 Å². The van der Waals surface area contributed by atoms with Gasteiger partial charge in [0.2, 0.25) is 10.0 Å². The van der Waals surface area contributed by atoms with E-state index in [1.807, 2.05) is 43.3 Å². The topological polar surface area (TPSA) is 92.8 Å². The number of carbonyl (C=O) groups excluding carboxylic acids is 2. The maximum atomic E-state index is 12.8. The summed E-state index contributed by atoms with van der Waals surface area (Å²) in [7, 11) is -3.64. The van der Waals surface area contributed by atoms with E-state index in [4.69, 9.17) is 4.74 Å². The van der Waals surface area contributed by atoms with Crippen molar-refractivity contribution in [2.24, 2.45) is 0 Å². The van der Waals surface area contributed by atoms with Crippen LogP contribution in [0.25, 0.3) is 0 Å². The second kappa shape index (κ2) is 8.34. The number of hydrogen-bond donors (Lipinski definition) is 1. The van der Waals surface area contributed by atoms with Gasteiger partial charge >= 0.3 is 5.97 Å². The minimum absolute atomic E-state index is 0.0959. The molecule has 0 unspecified atom stereocenters. The first-order chi connectivity index (χ1) is 13.6. The third-order valence-electron chi connectivity index (χ3n) is 4.88. The Labute approximate surface area is 170 Å². The van der Waals surface area contributed by atoms with Gasteiger partial charge in [0.15, 0.2) is 6.10 Å². The largest absolute Gasteiger partial charge is 0.451 e. The lowest BCUT2D eigenvalue weighted by atomic mass is 9.96. The van der Waals surface area contributed by atoms with E-state index in [1.54, 1.807) is 12.1 Å². The average Bonchev–Trinajstić information content (AvgIpc) is 2.67. The van der Waals surface area contributed by atoms with Crippen LogP contribution < -0.4 is 5.32 Å². The summed E-state index contributed by atoms with van der Waals surface area (Å²) in [5.74, 6) is -1.22. The van der Waals surface area contributed by atoms with Gasteiger partial charge in [0.25, 0.3) is 5.91 Å². The van der Waals surface area contributed by atoms with Gasteiger partial charge in [-0.15, -0.1) is 0 Å². The third kappa shape index (κ3) is 5.02. The first-order valence-electron chi connectivity index (χ1n) is 9.27. The molecule has 154 valence electrons. The smallest absolute Gasteiger partial charge is 0.325 e. The zero-order chi connectivity index (χ0) is 21.2. The molecule has 1 aliphatic rings. The number of hydrogen-bond acceptors (Lipinski definition) is 5. The fourth-order valence-corrected chi connectivity index (χ4v) is 4.23. The van der Waals surface area contributed by atoms with Gasteiger partial charge in [0.1, 0.15) is 6.04 Å². The Morgan fingerprint density at radius 2 is 1.72 bits per heavy atom. The molecule has 2 atom stereocenters. The van der Waals surface area contributed by atoms with Crippen LogP contribution in [-0.2, 0) is 37.3 Å². The molecule has 1 aliphatic heterocycles. The van der Waals surface area contributed by atoms with Gasteiger partial charge in [0, 0.05) is 18.7 Å². The van der Waals surface area contributed by atoms with Crippen molar-refractivity contribution < 1.29 is 22.7 Å². The summed E-state index contributed by atoms with van der Waals surface area (Å²) < 4.78 is 30.9. The van der Waals surface area contributed by atoms with Gasteiger partial charge in [0.05, 0.1) is 6.26 Å². The number of esters is 1. The highest BCUT2D eigenvalue weighted by molar-refractivity contribution is 7.88. The fraction of sp³-hybridized carbons (Fsp3) is 0.333. The lowest BCUT2D eigenvalue weighted by Crippen LogP contribution is -2.50. The van der Waals surface area contributed by atoms with Gasteiger partial charge in [-0.25, -0.2) is 8.42 Å². The number of nitrogens with one attached hydrogen (secondary N) is 1. The van der Waals surface area contributed by atoms with Crippen LogP contribution in [-0.4, -0.2) is 43.0 Å². The molecule has 0 aliphatic carbocycles. The van der Waals surface area contributed by atoms with E-state index >= 15 is 0 Å². The number of nitrogens with zero attached hydrogens (tertiary/aromatic N) is 1. The number of benzene rings is 2. The lowest BCUT2D eigenvalue weighted by Gasteiger charge is -2.33. The van der Waals surface area contributed by atoms with Crippen molar-refractivity contribution in [2.75, 3.05) is 11.6 Å². The number of fused-ring (bicyclic) bond motifs is 1. The van der Waals surface area contributed by atoms with Gasteiger partial charge in [-0.05, 0) is 37.1 Å². The normalized spacial score (nSPS) is 17.8. The predicted octanol–water partition coefficient (Wildman–Crippen LogP) is 2.25. The van der Waals surface area contributed by atoms with Crippen LogP contribution in [0.4, 0.5) is 5.69 Å². The minimum atomic E-state index is -3.64. The van der Waals surface area contributed by atoms with E-state index in [9.17, 15) is 18.0 Å². The average molecular weight is 416 g/mol. The Balaban J connectivity index is 1.72. The molecule has 0 saturated heterocycles. The Kier molecular flexibility index (Phi) is 6.04. The molecule has 1 amide bonds. The monoisotopic (exact) mass is 416 g/mol. The Morgan fingerprint density at radius 1 is 1.10 bits per heavy atom. The Morgan fingerprint density at radius 3 is 2.34 bits per heavy atom. The summed E-state index contributed by atoms with van der Waals surface area (Å²) in [6.45, 7) is 3.49. The molecule has 1 heterocycles. The molecule has 3 rings (SSSR count). The molecule has 0 radical (unpaired) electrons. The molecule has 7 nitrogen and oxygen atoms in total. The fourth-order valence-electron chi connectivity index (χ4n) is 3.24. The molecule has 0 aromatic heterocycles. The van der Waals surface area contributed by atoms with Crippen LogP contribution in [0.3, 0.4) is 0 Å². The van der Waals surface area contributed by atoms with E-state index in [-0.39, 0.29) is 13.0 Å². The zero-order valence-electron chi connectivity index (χ0n) is 16.6. The lowest BCUT2D eigenvalue weighted by molar-refractivity contribution is -0.157. The van der Waals surface area contributed by atoms with Crippen molar-refractivity contribution in [1.82, 2.24) is 4.31 Å². The first kappa shape index (κ1) is 21.0. The standard InChI is InChI=1S/C21H24N2O5S/c1-14-8-10-18(11-9-14)22-20(24)15(2)28-21(25)19-12-16-6-4-5-7-17(16)13-23(19)29(3,26)27/h4-11,15,19H,12-13H2,1-3H3,(H,22,24)/t15-,19+/m1/s1. The molecule has 0 saturated carbocycles. The number of amides is 1. The molecule has 2 aromatic rings. The quantitative estimate of drug-likeness (QED) is 0.755. The number of sulfonamides is 1. The number of ether oxygens (including phenoxy) is 1. The van der Waals surface area contributed by atoms with Crippen LogP contribution >= 0.6 is 0 Å². The van der Waals surface area contributed by atoms with Crippen molar-refractivity contribution in [1.29, 1.82) is 0 Å². The molecule has 0 fully saturated rings. The summed E-state index contributed by atoms with van der Waals surface area (Å²) in [5.41, 5.74) is 3.40. The van der Waals surface area contributed by atoms with Gasteiger partial charge in [-0.1, -0.05) is 42.0 Å². The van der Waals surface area contributed by atoms with Crippen LogP contribution in [0.2, 0.25) is 0 Å². The van der Waals surface area contributed by atoms with E-state index in [1.165, 1.54) is 6.92 Å². The minimum Gasteiger partial charge on any atom is -0.451 e. The SMILES string of the molecule is Cc1ccc(NC(=O)[C@@H](C)OC(=O)[C@@H]2Cc3ccccc3CN2S(C)(=O)=O)cc1. The van der Waals surface area contributed by atoms with E-state index in [2.05, 4.69) is 5.32 Å². The highest BCUT2D eigenvalue weighted by Crippen LogP contribution is 2.26. The van der Waals surface area contributed by atoms with Crippen molar-refractivity contribution in [3.05, 3.63) is 65.2 Å². The first-order valence-corrected chi connectivity index (χ1v) is 11.1. The summed E-state index contributed by atoms with van der Waals surface area (Å²) >= 11 is 0. The number of rotatable bonds is 5. The summed E-state index contributed by atoms with van der Waals surface area (Å²) in [4.78, 5) is 25.1. The molecular formula is C21H24N2O5S. The Bertz CT molecular complexity index is 1020. The van der Waals surface area contributed by atoms with Crippen molar-refractivity contribution in [2.45, 2.75) is 39.0 Å².